The van der Waals surface area contributed by atoms with Crippen molar-refractivity contribution in [2.45, 2.75) is 38.1 Å². The molecule has 0 unspecified atom stereocenters. The van der Waals surface area contributed by atoms with E-state index in [-0.39, 0.29) is 12.4 Å². The van der Waals surface area contributed by atoms with Gasteiger partial charge in [-0.1, -0.05) is 12.8 Å². The molecular weight excluding hydrogens is 246 g/mol. The Bertz CT molecular complexity index is 472. The molecule has 0 N–H and O–H groups in total. The molecule has 104 valence electrons. The van der Waals surface area contributed by atoms with Crippen LogP contribution in [0.1, 0.15) is 47.8 Å². The van der Waals surface area contributed by atoms with E-state index >= 15 is 0 Å². The van der Waals surface area contributed by atoms with E-state index < -0.39 is 5.97 Å². The van der Waals surface area contributed by atoms with Gasteiger partial charge < -0.3 is 14.0 Å². The van der Waals surface area contributed by atoms with Crippen molar-refractivity contribution in [3.05, 3.63) is 23.5 Å². The van der Waals surface area contributed by atoms with Crippen molar-refractivity contribution in [3.63, 3.8) is 0 Å². The molecule has 1 aromatic rings. The van der Waals surface area contributed by atoms with Crippen LogP contribution >= 0.6 is 0 Å². The van der Waals surface area contributed by atoms with Gasteiger partial charge in [-0.15, -0.1) is 0 Å². The highest BCUT2D eigenvalue weighted by Crippen LogP contribution is 2.32. The molecule has 0 radical (unpaired) electrons. The van der Waals surface area contributed by atoms with Gasteiger partial charge in [-0.3, -0.25) is 4.79 Å². The van der Waals surface area contributed by atoms with Gasteiger partial charge in [0.1, 0.15) is 0 Å². The summed E-state index contributed by atoms with van der Waals surface area (Å²) >= 11 is 0. The van der Waals surface area contributed by atoms with E-state index in [9.17, 15) is 9.59 Å². The fourth-order valence-corrected chi connectivity index (χ4v) is 2.70. The molecule has 1 aliphatic rings. The third-order valence-corrected chi connectivity index (χ3v) is 3.69. The van der Waals surface area contributed by atoms with E-state index in [1.165, 1.54) is 27.1 Å². The van der Waals surface area contributed by atoms with Crippen LogP contribution in [0.25, 0.3) is 0 Å². The fraction of sp³-hybridized carbons (Fsp3) is 0.571. The average Bonchev–Trinajstić information content (AvgIpc) is 3.06. The number of carbonyl (C=O) groups is 2. The number of rotatable bonds is 4. The maximum absolute atomic E-state index is 11.7. The van der Waals surface area contributed by atoms with Gasteiger partial charge in [0.2, 0.25) is 0 Å². The molecule has 0 aliphatic heterocycles. The van der Waals surface area contributed by atoms with Crippen molar-refractivity contribution in [2.24, 2.45) is 0 Å². The number of methoxy groups -OCH3 is 2. The van der Waals surface area contributed by atoms with Crippen LogP contribution in [-0.4, -0.2) is 30.7 Å². The van der Waals surface area contributed by atoms with Crippen molar-refractivity contribution in [2.75, 3.05) is 14.2 Å². The van der Waals surface area contributed by atoms with Crippen molar-refractivity contribution in [1.82, 2.24) is 4.57 Å². The molecule has 0 bridgehead atoms. The van der Waals surface area contributed by atoms with E-state index in [0.29, 0.717) is 17.3 Å². The molecule has 0 spiro atoms. The first kappa shape index (κ1) is 13.6. The van der Waals surface area contributed by atoms with Gasteiger partial charge in [-0.2, -0.15) is 0 Å². The first-order chi connectivity index (χ1) is 9.17. The van der Waals surface area contributed by atoms with Crippen molar-refractivity contribution in [1.29, 1.82) is 0 Å². The summed E-state index contributed by atoms with van der Waals surface area (Å²) in [6.45, 7) is 0. The summed E-state index contributed by atoms with van der Waals surface area (Å²) in [5.74, 6) is -0.751. The quantitative estimate of drug-likeness (QED) is 0.782. The van der Waals surface area contributed by atoms with E-state index in [0.717, 1.165) is 12.8 Å². The van der Waals surface area contributed by atoms with Crippen LogP contribution in [0.3, 0.4) is 0 Å². The molecule has 0 aromatic carbocycles. The Morgan fingerprint density at radius 2 is 1.95 bits per heavy atom. The van der Waals surface area contributed by atoms with Gasteiger partial charge in [-0.05, 0) is 18.9 Å². The molecule has 1 heterocycles. The topological polar surface area (TPSA) is 57.5 Å². The van der Waals surface area contributed by atoms with Crippen molar-refractivity contribution >= 4 is 11.9 Å². The Morgan fingerprint density at radius 3 is 2.53 bits per heavy atom. The average molecular weight is 265 g/mol. The molecule has 2 rings (SSSR count). The maximum atomic E-state index is 11.7. The molecule has 19 heavy (non-hydrogen) atoms. The second-order valence-corrected chi connectivity index (χ2v) is 4.77. The Kier molecular flexibility index (Phi) is 4.24. The monoisotopic (exact) mass is 265 g/mol. The predicted molar refractivity (Wildman–Crippen MR) is 69.0 cm³/mol. The number of aromatic nitrogens is 1. The molecule has 1 fully saturated rings. The molecule has 0 atom stereocenters. The molecular formula is C14H19NO4. The van der Waals surface area contributed by atoms with Crippen LogP contribution in [0.15, 0.2) is 12.3 Å². The number of nitrogens with zero attached hydrogens (tertiary/aromatic N) is 1. The minimum Gasteiger partial charge on any atom is -0.469 e. The smallest absolute Gasteiger partial charge is 0.339 e. The van der Waals surface area contributed by atoms with E-state index in [1.807, 2.05) is 10.8 Å². The number of esters is 2. The van der Waals surface area contributed by atoms with Gasteiger partial charge in [0.05, 0.1) is 26.2 Å². The highest BCUT2D eigenvalue weighted by Gasteiger charge is 2.25. The van der Waals surface area contributed by atoms with Crippen LogP contribution in [0.2, 0.25) is 0 Å². The fourth-order valence-electron chi connectivity index (χ4n) is 2.70. The van der Waals surface area contributed by atoms with E-state index in [2.05, 4.69) is 0 Å². The van der Waals surface area contributed by atoms with Gasteiger partial charge in [-0.25, -0.2) is 4.79 Å². The van der Waals surface area contributed by atoms with Crippen molar-refractivity contribution < 1.29 is 19.1 Å². The zero-order valence-electron chi connectivity index (χ0n) is 11.3. The third kappa shape index (κ3) is 2.80. The van der Waals surface area contributed by atoms with Gasteiger partial charge >= 0.3 is 11.9 Å². The number of hydrogen-bond acceptors (Lipinski definition) is 4. The van der Waals surface area contributed by atoms with Gasteiger partial charge in [0.25, 0.3) is 0 Å². The second kappa shape index (κ2) is 5.91. The lowest BCUT2D eigenvalue weighted by Crippen LogP contribution is -2.16. The van der Waals surface area contributed by atoms with E-state index in [4.69, 9.17) is 9.47 Å². The number of hydrogen-bond donors (Lipinski definition) is 0. The summed E-state index contributed by atoms with van der Waals surface area (Å²) in [4.78, 5) is 23.3. The summed E-state index contributed by atoms with van der Waals surface area (Å²) < 4.78 is 11.5. The normalized spacial score (nSPS) is 15.5. The Hall–Kier alpha value is -1.78. The molecule has 5 nitrogen and oxygen atoms in total. The minimum atomic E-state index is -0.407. The number of carbonyl (C=O) groups excluding carboxylic acids is 2. The molecule has 1 aromatic heterocycles. The lowest BCUT2D eigenvalue weighted by molar-refractivity contribution is -0.139. The summed E-state index contributed by atoms with van der Waals surface area (Å²) in [6.07, 6.45) is 6.53. The zero-order chi connectivity index (χ0) is 13.8. The summed E-state index contributed by atoms with van der Waals surface area (Å²) in [5, 5.41) is 0. The molecule has 0 amide bonds. The van der Waals surface area contributed by atoms with Crippen LogP contribution in [0.5, 0.6) is 0 Å². The third-order valence-electron chi connectivity index (χ3n) is 3.69. The Labute approximate surface area is 112 Å². The van der Waals surface area contributed by atoms with Gasteiger partial charge in [0.15, 0.2) is 0 Å². The Balaban J connectivity index is 2.34. The second-order valence-electron chi connectivity index (χ2n) is 4.77. The summed E-state index contributed by atoms with van der Waals surface area (Å²) in [5.41, 5.74) is 1.16. The minimum absolute atomic E-state index is 0.102. The maximum Gasteiger partial charge on any atom is 0.339 e. The summed E-state index contributed by atoms with van der Waals surface area (Å²) in [7, 11) is 2.69. The SMILES string of the molecule is COC(=O)Cc1c(C(=O)OC)ccn1C1CCCC1. The predicted octanol–water partition coefficient (Wildman–Crippen LogP) is 2.11. The molecule has 5 heteroatoms. The van der Waals surface area contributed by atoms with Crippen molar-refractivity contribution in [3.8, 4) is 0 Å². The molecule has 1 saturated carbocycles. The molecule has 0 saturated heterocycles. The van der Waals surface area contributed by atoms with Crippen LogP contribution in [0, 0.1) is 0 Å². The standard InChI is InChI=1S/C14H19NO4/c1-18-13(16)9-12-11(14(17)19-2)7-8-15(12)10-5-3-4-6-10/h7-8,10H,3-6,9H2,1-2H3. The van der Waals surface area contributed by atoms with Crippen LogP contribution in [-0.2, 0) is 20.7 Å². The lowest BCUT2D eigenvalue weighted by Gasteiger charge is -2.16. The highest BCUT2D eigenvalue weighted by molar-refractivity contribution is 5.92. The highest BCUT2D eigenvalue weighted by atomic mass is 16.5. The number of ether oxygens (including phenoxy) is 2. The first-order valence-corrected chi connectivity index (χ1v) is 6.52. The van der Waals surface area contributed by atoms with Crippen LogP contribution < -0.4 is 0 Å². The van der Waals surface area contributed by atoms with E-state index in [1.54, 1.807) is 6.07 Å². The molecule has 1 aliphatic carbocycles. The summed E-state index contributed by atoms with van der Waals surface area (Å²) in [6, 6.07) is 2.10. The lowest BCUT2D eigenvalue weighted by atomic mass is 10.1. The first-order valence-electron chi connectivity index (χ1n) is 6.52. The van der Waals surface area contributed by atoms with Gasteiger partial charge in [0, 0.05) is 17.9 Å². The largest absolute Gasteiger partial charge is 0.469 e. The zero-order valence-corrected chi connectivity index (χ0v) is 11.3. The Morgan fingerprint density at radius 1 is 1.26 bits per heavy atom. The van der Waals surface area contributed by atoms with Crippen LogP contribution in [0.4, 0.5) is 0 Å².